The number of ether oxygens (including phenoxy) is 1. The predicted octanol–water partition coefficient (Wildman–Crippen LogP) is 1.82. The first-order valence-electron chi connectivity index (χ1n) is 8.27. The molecule has 5 heteroatoms. The first kappa shape index (κ1) is 16.3. The summed E-state index contributed by atoms with van der Waals surface area (Å²) < 4.78 is 5.69. The number of nitrogens with zero attached hydrogens (tertiary/aromatic N) is 2. The van der Waals surface area contributed by atoms with Crippen molar-refractivity contribution >= 4 is 5.91 Å². The number of fused-ring (bicyclic) bond motifs is 1. The molecule has 0 bridgehead atoms. The van der Waals surface area contributed by atoms with Gasteiger partial charge >= 0.3 is 0 Å². The number of amides is 1. The Balaban J connectivity index is 1.71. The van der Waals surface area contributed by atoms with Crippen LogP contribution >= 0.6 is 0 Å². The average Bonchev–Trinajstić information content (AvgIpc) is 2.95. The van der Waals surface area contributed by atoms with Crippen molar-refractivity contribution in [3.63, 3.8) is 0 Å². The third-order valence-electron chi connectivity index (χ3n) is 5.43. The number of benzene rings is 1. The molecule has 4 atom stereocenters. The standard InChI is InChI=1S/C18H26N2O3/c1-19(2)16-8-13-10-20(11-14(13)9-17(16)23-3)18(22)12-5-4-6-15(21)7-12/h4-7,13-14,16-17,21H,8-11H2,1-3H3/t13-,14+,16-,17-/m1/s1. The lowest BCUT2D eigenvalue weighted by Gasteiger charge is -2.40. The van der Waals surface area contributed by atoms with Crippen LogP contribution in [0.2, 0.25) is 0 Å². The minimum atomic E-state index is 0.0191. The second-order valence-corrected chi connectivity index (χ2v) is 7.06. The number of likely N-dealkylation sites (tertiary alicyclic amines) is 1. The normalized spacial score (nSPS) is 30.5. The first-order chi connectivity index (χ1) is 11.0. The van der Waals surface area contributed by atoms with Gasteiger partial charge in [0.05, 0.1) is 6.10 Å². The second-order valence-electron chi connectivity index (χ2n) is 7.06. The first-order valence-corrected chi connectivity index (χ1v) is 8.27. The SMILES string of the molecule is CO[C@@H]1C[C@H]2CN(C(=O)c3cccc(O)c3)C[C@H]2C[C@H]1N(C)C. The van der Waals surface area contributed by atoms with E-state index in [0.29, 0.717) is 23.4 Å². The summed E-state index contributed by atoms with van der Waals surface area (Å²) in [6, 6.07) is 7.03. The molecule has 1 N–H and O–H groups in total. The van der Waals surface area contributed by atoms with Crippen LogP contribution in [0.3, 0.4) is 0 Å². The molecule has 1 aliphatic heterocycles. The van der Waals surface area contributed by atoms with Gasteiger partial charge in [-0.1, -0.05) is 6.07 Å². The van der Waals surface area contributed by atoms with Crippen molar-refractivity contribution in [2.45, 2.75) is 25.0 Å². The molecule has 2 aliphatic rings. The van der Waals surface area contributed by atoms with Crippen LogP contribution in [0, 0.1) is 11.8 Å². The molecular weight excluding hydrogens is 292 g/mol. The van der Waals surface area contributed by atoms with Gasteiger partial charge in [0.1, 0.15) is 5.75 Å². The Morgan fingerprint density at radius 2 is 1.96 bits per heavy atom. The summed E-state index contributed by atoms with van der Waals surface area (Å²) in [5, 5.41) is 9.58. The molecule has 3 rings (SSSR count). The van der Waals surface area contributed by atoms with E-state index in [4.69, 9.17) is 4.74 Å². The van der Waals surface area contributed by atoms with Gasteiger partial charge in [0.2, 0.25) is 0 Å². The van der Waals surface area contributed by atoms with E-state index in [9.17, 15) is 9.90 Å². The lowest BCUT2D eigenvalue weighted by Crippen LogP contribution is -2.47. The number of hydrogen-bond acceptors (Lipinski definition) is 4. The van der Waals surface area contributed by atoms with Gasteiger partial charge in [-0.05, 0) is 57.0 Å². The van der Waals surface area contributed by atoms with Crippen LogP contribution in [0.1, 0.15) is 23.2 Å². The molecule has 0 unspecified atom stereocenters. The number of phenols is 1. The van der Waals surface area contributed by atoms with Crippen molar-refractivity contribution in [2.24, 2.45) is 11.8 Å². The van der Waals surface area contributed by atoms with Gasteiger partial charge in [0.25, 0.3) is 5.91 Å². The highest BCUT2D eigenvalue weighted by atomic mass is 16.5. The number of likely N-dealkylation sites (N-methyl/N-ethyl adjacent to an activating group) is 1. The van der Waals surface area contributed by atoms with E-state index in [1.807, 2.05) is 4.90 Å². The second kappa shape index (κ2) is 6.49. The van der Waals surface area contributed by atoms with Gasteiger partial charge in [0, 0.05) is 31.8 Å². The zero-order chi connectivity index (χ0) is 16.6. The molecule has 1 aromatic carbocycles. The minimum absolute atomic E-state index is 0.0191. The molecule has 1 aromatic rings. The topological polar surface area (TPSA) is 53.0 Å². The highest BCUT2D eigenvalue weighted by Gasteiger charge is 2.44. The summed E-state index contributed by atoms with van der Waals surface area (Å²) in [5.74, 6) is 1.21. The van der Waals surface area contributed by atoms with E-state index in [1.54, 1.807) is 31.4 Å². The molecule has 1 amide bonds. The van der Waals surface area contributed by atoms with Crippen molar-refractivity contribution in [3.05, 3.63) is 29.8 Å². The zero-order valence-electron chi connectivity index (χ0n) is 14.1. The molecule has 5 nitrogen and oxygen atoms in total. The fourth-order valence-corrected chi connectivity index (χ4v) is 4.17. The summed E-state index contributed by atoms with van der Waals surface area (Å²) in [6.45, 7) is 1.60. The largest absolute Gasteiger partial charge is 0.508 e. The summed E-state index contributed by atoms with van der Waals surface area (Å²) in [4.78, 5) is 16.9. The Morgan fingerprint density at radius 3 is 2.57 bits per heavy atom. The highest BCUT2D eigenvalue weighted by Crippen LogP contribution is 2.39. The van der Waals surface area contributed by atoms with Gasteiger partial charge in [-0.25, -0.2) is 0 Å². The maximum absolute atomic E-state index is 12.7. The molecule has 1 heterocycles. The number of hydrogen-bond donors (Lipinski definition) is 1. The van der Waals surface area contributed by atoms with Gasteiger partial charge in [-0.2, -0.15) is 0 Å². The molecule has 126 valence electrons. The lowest BCUT2D eigenvalue weighted by atomic mass is 9.77. The summed E-state index contributed by atoms with van der Waals surface area (Å²) in [5.41, 5.74) is 0.566. The van der Waals surface area contributed by atoms with Gasteiger partial charge < -0.3 is 19.6 Å². The minimum Gasteiger partial charge on any atom is -0.508 e. The van der Waals surface area contributed by atoms with Crippen LogP contribution < -0.4 is 0 Å². The third kappa shape index (κ3) is 3.21. The Bertz CT molecular complexity index is 575. The fourth-order valence-electron chi connectivity index (χ4n) is 4.17. The van der Waals surface area contributed by atoms with Crippen molar-refractivity contribution in [1.82, 2.24) is 9.80 Å². The Morgan fingerprint density at radius 1 is 1.26 bits per heavy atom. The van der Waals surface area contributed by atoms with E-state index < -0.39 is 0 Å². The Labute approximate surface area is 137 Å². The number of carbonyl (C=O) groups is 1. The molecule has 2 fully saturated rings. The van der Waals surface area contributed by atoms with E-state index in [2.05, 4.69) is 19.0 Å². The summed E-state index contributed by atoms with van der Waals surface area (Å²) in [6.07, 6.45) is 2.32. The number of aromatic hydroxyl groups is 1. The molecular formula is C18H26N2O3. The molecule has 1 saturated carbocycles. The quantitative estimate of drug-likeness (QED) is 0.924. The number of phenolic OH excluding ortho intramolecular Hbond substituents is 1. The van der Waals surface area contributed by atoms with E-state index in [-0.39, 0.29) is 17.8 Å². The van der Waals surface area contributed by atoms with Crippen LogP contribution in [-0.2, 0) is 4.74 Å². The lowest BCUT2D eigenvalue weighted by molar-refractivity contribution is -0.0209. The van der Waals surface area contributed by atoms with Crippen LogP contribution in [0.5, 0.6) is 5.75 Å². The molecule has 0 radical (unpaired) electrons. The Hall–Kier alpha value is -1.59. The van der Waals surface area contributed by atoms with Gasteiger partial charge in [0.15, 0.2) is 0 Å². The fraction of sp³-hybridized carbons (Fsp3) is 0.611. The van der Waals surface area contributed by atoms with E-state index >= 15 is 0 Å². The third-order valence-corrected chi connectivity index (χ3v) is 5.43. The van der Waals surface area contributed by atoms with Crippen LogP contribution in [0.4, 0.5) is 0 Å². The molecule has 0 spiro atoms. The van der Waals surface area contributed by atoms with Crippen molar-refractivity contribution < 1.29 is 14.6 Å². The Kier molecular flexibility index (Phi) is 4.60. The molecule has 23 heavy (non-hydrogen) atoms. The smallest absolute Gasteiger partial charge is 0.254 e. The summed E-state index contributed by atoms with van der Waals surface area (Å²) in [7, 11) is 5.98. The average molecular weight is 318 g/mol. The number of methoxy groups -OCH3 is 1. The molecule has 0 aromatic heterocycles. The van der Waals surface area contributed by atoms with Crippen LogP contribution in [0.25, 0.3) is 0 Å². The van der Waals surface area contributed by atoms with Gasteiger partial charge in [-0.15, -0.1) is 0 Å². The highest BCUT2D eigenvalue weighted by molar-refractivity contribution is 5.94. The van der Waals surface area contributed by atoms with Crippen LogP contribution in [-0.4, -0.2) is 67.3 Å². The van der Waals surface area contributed by atoms with Gasteiger partial charge in [-0.3, -0.25) is 4.79 Å². The molecule has 1 saturated heterocycles. The predicted molar refractivity (Wildman–Crippen MR) is 88.5 cm³/mol. The number of carbonyl (C=O) groups excluding carboxylic acids is 1. The summed E-state index contributed by atoms with van der Waals surface area (Å²) >= 11 is 0. The van der Waals surface area contributed by atoms with Crippen molar-refractivity contribution in [1.29, 1.82) is 0 Å². The zero-order valence-corrected chi connectivity index (χ0v) is 14.1. The van der Waals surface area contributed by atoms with Crippen LogP contribution in [0.15, 0.2) is 24.3 Å². The van der Waals surface area contributed by atoms with E-state index in [1.165, 1.54) is 0 Å². The molecule has 1 aliphatic carbocycles. The maximum Gasteiger partial charge on any atom is 0.254 e. The number of rotatable bonds is 3. The monoisotopic (exact) mass is 318 g/mol. The maximum atomic E-state index is 12.7. The van der Waals surface area contributed by atoms with Crippen molar-refractivity contribution in [2.75, 3.05) is 34.3 Å². The van der Waals surface area contributed by atoms with Crippen molar-refractivity contribution in [3.8, 4) is 5.75 Å². The van der Waals surface area contributed by atoms with E-state index in [0.717, 1.165) is 25.9 Å².